The fraction of sp³-hybridized carbons (Fsp3) is 0.444. The smallest absolute Gasteiger partial charge is 0.0405 e. The summed E-state index contributed by atoms with van der Waals surface area (Å²) in [4.78, 5) is 4.18. The average molecular weight is 150 g/mol. The van der Waals surface area contributed by atoms with Crippen molar-refractivity contribution in [1.29, 1.82) is 0 Å². The number of nitrogens with two attached hydrogens (primary N) is 1. The van der Waals surface area contributed by atoms with Gasteiger partial charge in [-0.05, 0) is 31.9 Å². The minimum absolute atomic E-state index is 0.220. The quantitative estimate of drug-likeness (QED) is 0.689. The summed E-state index contributed by atoms with van der Waals surface area (Å²) in [5.41, 5.74) is 8.01. The highest BCUT2D eigenvalue weighted by Gasteiger charge is 2.00. The third-order valence-corrected chi connectivity index (χ3v) is 1.66. The van der Waals surface area contributed by atoms with Crippen molar-refractivity contribution in [3.05, 3.63) is 29.6 Å². The molecule has 0 aliphatic rings. The van der Waals surface area contributed by atoms with E-state index < -0.39 is 0 Å². The molecule has 1 atom stereocenters. The molecule has 1 rings (SSSR count). The van der Waals surface area contributed by atoms with Gasteiger partial charge < -0.3 is 5.73 Å². The van der Waals surface area contributed by atoms with E-state index in [1.165, 1.54) is 5.56 Å². The van der Waals surface area contributed by atoms with Crippen molar-refractivity contribution in [2.75, 3.05) is 0 Å². The van der Waals surface area contributed by atoms with E-state index in [0.29, 0.717) is 0 Å². The van der Waals surface area contributed by atoms with Gasteiger partial charge in [0, 0.05) is 17.9 Å². The van der Waals surface area contributed by atoms with Crippen LogP contribution < -0.4 is 5.73 Å². The summed E-state index contributed by atoms with van der Waals surface area (Å²) in [5.74, 6) is 0. The first-order valence-corrected chi connectivity index (χ1v) is 3.86. The Labute approximate surface area is 67.5 Å². The molecule has 0 spiro atoms. The number of aromatic nitrogens is 1. The first-order chi connectivity index (χ1) is 5.20. The monoisotopic (exact) mass is 150 g/mol. The molecule has 0 saturated heterocycles. The highest BCUT2D eigenvalue weighted by Crippen LogP contribution is 2.05. The molecule has 0 aromatic carbocycles. The van der Waals surface area contributed by atoms with Crippen molar-refractivity contribution < 1.29 is 0 Å². The molecule has 2 nitrogen and oxygen atoms in total. The van der Waals surface area contributed by atoms with Gasteiger partial charge in [0.25, 0.3) is 0 Å². The zero-order valence-corrected chi connectivity index (χ0v) is 7.04. The van der Waals surface area contributed by atoms with Crippen LogP contribution in [0.1, 0.15) is 18.2 Å². The largest absolute Gasteiger partial charge is 0.328 e. The van der Waals surface area contributed by atoms with Gasteiger partial charge in [-0.3, -0.25) is 4.98 Å². The van der Waals surface area contributed by atoms with E-state index >= 15 is 0 Å². The minimum Gasteiger partial charge on any atom is -0.328 e. The van der Waals surface area contributed by atoms with Crippen LogP contribution in [0.3, 0.4) is 0 Å². The Balaban J connectivity index is 2.78. The Morgan fingerprint density at radius 1 is 1.64 bits per heavy atom. The molecule has 2 N–H and O–H groups in total. The van der Waals surface area contributed by atoms with Gasteiger partial charge in [0.1, 0.15) is 0 Å². The van der Waals surface area contributed by atoms with Crippen molar-refractivity contribution in [3.63, 3.8) is 0 Å². The summed E-state index contributed by atoms with van der Waals surface area (Å²) in [6.07, 6.45) is 2.72. The number of rotatable bonds is 2. The van der Waals surface area contributed by atoms with E-state index in [9.17, 15) is 0 Å². The lowest BCUT2D eigenvalue weighted by Crippen LogP contribution is -2.18. The van der Waals surface area contributed by atoms with E-state index in [1.54, 1.807) is 6.20 Å². The van der Waals surface area contributed by atoms with Crippen LogP contribution in [0, 0.1) is 6.92 Å². The summed E-state index contributed by atoms with van der Waals surface area (Å²) in [7, 11) is 0. The molecule has 0 saturated carbocycles. The Bertz CT molecular complexity index is 231. The molecule has 0 aliphatic carbocycles. The van der Waals surface area contributed by atoms with Crippen molar-refractivity contribution in [3.8, 4) is 0 Å². The SMILES string of the molecule is Cc1ncccc1C[C@@H](C)N. The molecule has 1 aromatic heterocycles. The summed E-state index contributed by atoms with van der Waals surface area (Å²) < 4.78 is 0. The van der Waals surface area contributed by atoms with Crippen molar-refractivity contribution >= 4 is 0 Å². The van der Waals surface area contributed by atoms with Crippen LogP contribution in [0.15, 0.2) is 18.3 Å². The molecular weight excluding hydrogens is 136 g/mol. The normalized spacial score (nSPS) is 13.0. The molecule has 11 heavy (non-hydrogen) atoms. The highest BCUT2D eigenvalue weighted by molar-refractivity contribution is 5.18. The van der Waals surface area contributed by atoms with E-state index in [-0.39, 0.29) is 6.04 Å². The summed E-state index contributed by atoms with van der Waals surface area (Å²) >= 11 is 0. The number of hydrogen-bond acceptors (Lipinski definition) is 2. The maximum Gasteiger partial charge on any atom is 0.0405 e. The topological polar surface area (TPSA) is 38.9 Å². The molecule has 0 radical (unpaired) electrons. The molecule has 0 amide bonds. The second kappa shape index (κ2) is 3.49. The maximum atomic E-state index is 5.67. The Hall–Kier alpha value is -0.890. The van der Waals surface area contributed by atoms with Gasteiger partial charge in [0.2, 0.25) is 0 Å². The van der Waals surface area contributed by atoms with Gasteiger partial charge in [-0.15, -0.1) is 0 Å². The summed E-state index contributed by atoms with van der Waals surface area (Å²) in [6, 6.07) is 4.24. The fourth-order valence-electron chi connectivity index (χ4n) is 1.08. The molecular formula is C9H14N2. The fourth-order valence-corrected chi connectivity index (χ4v) is 1.08. The van der Waals surface area contributed by atoms with Crippen molar-refractivity contribution in [2.24, 2.45) is 5.73 Å². The third-order valence-electron chi connectivity index (χ3n) is 1.66. The predicted octanol–water partition coefficient (Wildman–Crippen LogP) is 1.28. The van der Waals surface area contributed by atoms with E-state index in [1.807, 2.05) is 19.9 Å². The molecule has 0 fully saturated rings. The molecule has 1 heterocycles. The van der Waals surface area contributed by atoms with Crippen LogP contribution in [0.2, 0.25) is 0 Å². The Kier molecular flexibility index (Phi) is 2.60. The Morgan fingerprint density at radius 2 is 2.36 bits per heavy atom. The average Bonchev–Trinajstić information content (AvgIpc) is 1.93. The summed E-state index contributed by atoms with van der Waals surface area (Å²) in [6.45, 7) is 4.02. The number of pyridine rings is 1. The Morgan fingerprint density at radius 3 is 2.91 bits per heavy atom. The number of aryl methyl sites for hydroxylation is 1. The van der Waals surface area contributed by atoms with E-state index in [0.717, 1.165) is 12.1 Å². The zero-order valence-electron chi connectivity index (χ0n) is 7.04. The van der Waals surface area contributed by atoms with Gasteiger partial charge >= 0.3 is 0 Å². The van der Waals surface area contributed by atoms with E-state index in [2.05, 4.69) is 11.1 Å². The van der Waals surface area contributed by atoms with Gasteiger partial charge in [0.15, 0.2) is 0 Å². The van der Waals surface area contributed by atoms with Crippen LogP contribution in [0.5, 0.6) is 0 Å². The lowest BCUT2D eigenvalue weighted by molar-refractivity contribution is 0.731. The minimum atomic E-state index is 0.220. The first-order valence-electron chi connectivity index (χ1n) is 3.86. The van der Waals surface area contributed by atoms with Crippen LogP contribution in [-0.2, 0) is 6.42 Å². The maximum absolute atomic E-state index is 5.67. The second-order valence-corrected chi connectivity index (χ2v) is 2.93. The lowest BCUT2D eigenvalue weighted by Gasteiger charge is -2.06. The molecule has 2 heteroatoms. The van der Waals surface area contributed by atoms with Crippen molar-refractivity contribution in [2.45, 2.75) is 26.3 Å². The van der Waals surface area contributed by atoms with Crippen molar-refractivity contribution in [1.82, 2.24) is 4.98 Å². The highest BCUT2D eigenvalue weighted by atomic mass is 14.7. The number of hydrogen-bond donors (Lipinski definition) is 1. The van der Waals surface area contributed by atoms with Crippen LogP contribution >= 0.6 is 0 Å². The number of nitrogens with zero attached hydrogens (tertiary/aromatic N) is 1. The molecule has 0 bridgehead atoms. The van der Waals surface area contributed by atoms with Gasteiger partial charge in [-0.2, -0.15) is 0 Å². The van der Waals surface area contributed by atoms with Crippen LogP contribution in [0.4, 0.5) is 0 Å². The van der Waals surface area contributed by atoms with Gasteiger partial charge in [-0.25, -0.2) is 0 Å². The molecule has 60 valence electrons. The summed E-state index contributed by atoms with van der Waals surface area (Å²) in [5, 5.41) is 0. The molecule has 0 unspecified atom stereocenters. The standard InChI is InChI=1S/C9H14N2/c1-7(10)6-9-4-3-5-11-8(9)2/h3-5,7H,6,10H2,1-2H3/t7-/m1/s1. The molecule has 1 aromatic rings. The first kappa shape index (κ1) is 8.21. The van der Waals surface area contributed by atoms with Gasteiger partial charge in [0.05, 0.1) is 0 Å². The second-order valence-electron chi connectivity index (χ2n) is 2.93. The predicted molar refractivity (Wildman–Crippen MR) is 46.3 cm³/mol. The van der Waals surface area contributed by atoms with Gasteiger partial charge in [-0.1, -0.05) is 6.07 Å². The van der Waals surface area contributed by atoms with Crippen LogP contribution in [-0.4, -0.2) is 11.0 Å². The molecule has 0 aliphatic heterocycles. The lowest BCUT2D eigenvalue weighted by atomic mass is 10.1. The van der Waals surface area contributed by atoms with E-state index in [4.69, 9.17) is 5.73 Å². The van der Waals surface area contributed by atoms with Crippen LogP contribution in [0.25, 0.3) is 0 Å². The zero-order chi connectivity index (χ0) is 8.27. The third kappa shape index (κ3) is 2.31.